The molecule has 1 saturated heterocycles. The van der Waals surface area contributed by atoms with Gasteiger partial charge in [0.1, 0.15) is 5.01 Å². The molecule has 1 atom stereocenters. The van der Waals surface area contributed by atoms with Crippen LogP contribution in [0.5, 0.6) is 0 Å². The number of carbonyl (C=O) groups is 1. The van der Waals surface area contributed by atoms with Gasteiger partial charge in [0.15, 0.2) is 0 Å². The van der Waals surface area contributed by atoms with Crippen molar-refractivity contribution < 1.29 is 4.79 Å². The van der Waals surface area contributed by atoms with E-state index in [1.165, 1.54) is 0 Å². The van der Waals surface area contributed by atoms with Crippen molar-refractivity contribution in [2.75, 3.05) is 20.1 Å². The lowest BCUT2D eigenvalue weighted by atomic mass is 10.1. The molecule has 1 fully saturated rings. The molecule has 24 heavy (non-hydrogen) atoms. The van der Waals surface area contributed by atoms with Crippen molar-refractivity contribution in [3.63, 3.8) is 0 Å². The van der Waals surface area contributed by atoms with Crippen LogP contribution in [0.3, 0.4) is 0 Å². The van der Waals surface area contributed by atoms with Crippen LogP contribution in [0.4, 0.5) is 0 Å². The van der Waals surface area contributed by atoms with Gasteiger partial charge in [0.05, 0.1) is 0 Å². The van der Waals surface area contributed by atoms with E-state index in [0.29, 0.717) is 6.04 Å². The topological polar surface area (TPSA) is 45.2 Å². The number of nitrogens with zero attached hydrogens (tertiary/aromatic N) is 2. The second kappa shape index (κ2) is 9.37. The number of rotatable bonds is 4. The molecule has 0 bridgehead atoms. The number of carbonyl (C=O) groups excluding carboxylic acids is 1. The molecule has 0 radical (unpaired) electrons. The number of amides is 1. The second-order valence-corrected chi connectivity index (χ2v) is 6.59. The maximum absolute atomic E-state index is 12.8. The molecule has 132 valence electrons. The predicted octanol–water partition coefficient (Wildman–Crippen LogP) is 3.79. The van der Waals surface area contributed by atoms with Gasteiger partial charge in [-0.05, 0) is 38.9 Å². The third-order valence-corrected chi connectivity index (χ3v) is 5.06. The van der Waals surface area contributed by atoms with Crippen molar-refractivity contribution >= 4 is 42.1 Å². The lowest BCUT2D eigenvalue weighted by Gasteiger charge is -2.24. The summed E-state index contributed by atoms with van der Waals surface area (Å²) in [6.07, 6.45) is 2.17. The summed E-state index contributed by atoms with van der Waals surface area (Å²) in [6.45, 7) is 3.70. The van der Waals surface area contributed by atoms with Crippen LogP contribution < -0.4 is 5.32 Å². The Morgan fingerprint density at radius 3 is 2.88 bits per heavy atom. The van der Waals surface area contributed by atoms with Gasteiger partial charge in [-0.1, -0.05) is 12.1 Å². The molecule has 3 rings (SSSR count). The highest BCUT2D eigenvalue weighted by atomic mass is 35.5. The standard InChI is InChI=1S/C17H21N3OS.2ClH/c1-12-11-22-16(19-12)13-5-3-6-14(9-13)17(21)20-8-4-7-15(20)10-18-2;;/h3,5-6,9,11,15,18H,4,7-8,10H2,1-2H3;2*1H. The van der Waals surface area contributed by atoms with E-state index in [1.807, 2.05) is 48.5 Å². The van der Waals surface area contributed by atoms with Crippen LogP contribution in [0.1, 0.15) is 28.9 Å². The fourth-order valence-corrected chi connectivity index (χ4v) is 3.78. The largest absolute Gasteiger partial charge is 0.334 e. The fraction of sp³-hybridized carbons (Fsp3) is 0.412. The Balaban J connectivity index is 0.00000144. The number of thiazole rings is 1. The Kier molecular flexibility index (Phi) is 8.16. The Morgan fingerprint density at radius 1 is 1.42 bits per heavy atom. The molecule has 1 amide bonds. The Hall–Kier alpha value is -1.14. The van der Waals surface area contributed by atoms with Crippen molar-refractivity contribution in [3.05, 3.63) is 40.9 Å². The van der Waals surface area contributed by atoms with Gasteiger partial charge in [0.25, 0.3) is 5.91 Å². The van der Waals surface area contributed by atoms with Crippen molar-refractivity contribution in [2.45, 2.75) is 25.8 Å². The van der Waals surface area contributed by atoms with Gasteiger partial charge < -0.3 is 10.2 Å². The summed E-state index contributed by atoms with van der Waals surface area (Å²) in [5.74, 6) is 0.132. The number of likely N-dealkylation sites (tertiary alicyclic amines) is 1. The summed E-state index contributed by atoms with van der Waals surface area (Å²) in [7, 11) is 1.94. The van der Waals surface area contributed by atoms with E-state index in [9.17, 15) is 4.79 Å². The Morgan fingerprint density at radius 2 is 2.21 bits per heavy atom. The quantitative estimate of drug-likeness (QED) is 0.867. The first-order chi connectivity index (χ1) is 10.7. The lowest BCUT2D eigenvalue weighted by molar-refractivity contribution is 0.0737. The number of halogens is 2. The first-order valence-electron chi connectivity index (χ1n) is 7.67. The van der Waals surface area contributed by atoms with Crippen LogP contribution in [-0.2, 0) is 0 Å². The van der Waals surface area contributed by atoms with E-state index in [4.69, 9.17) is 0 Å². The maximum Gasteiger partial charge on any atom is 0.254 e. The molecule has 2 heterocycles. The highest BCUT2D eigenvalue weighted by Crippen LogP contribution is 2.26. The average molecular weight is 388 g/mol. The van der Waals surface area contributed by atoms with E-state index < -0.39 is 0 Å². The molecule has 1 N–H and O–H groups in total. The fourth-order valence-electron chi connectivity index (χ4n) is 2.99. The molecule has 0 spiro atoms. The molecule has 1 unspecified atom stereocenters. The molecule has 1 aromatic heterocycles. The van der Waals surface area contributed by atoms with E-state index in [0.717, 1.165) is 47.8 Å². The molecule has 4 nitrogen and oxygen atoms in total. The zero-order valence-electron chi connectivity index (χ0n) is 13.8. The summed E-state index contributed by atoms with van der Waals surface area (Å²) in [6, 6.07) is 8.14. The first-order valence-corrected chi connectivity index (χ1v) is 8.55. The zero-order valence-corrected chi connectivity index (χ0v) is 16.3. The van der Waals surface area contributed by atoms with Gasteiger partial charge in [-0.25, -0.2) is 4.98 Å². The summed E-state index contributed by atoms with van der Waals surface area (Å²) in [5, 5.41) is 6.19. The van der Waals surface area contributed by atoms with E-state index >= 15 is 0 Å². The Bertz CT molecular complexity index is 677. The molecule has 1 aromatic carbocycles. The smallest absolute Gasteiger partial charge is 0.254 e. The van der Waals surface area contributed by atoms with Gasteiger partial charge in [0, 0.05) is 41.3 Å². The summed E-state index contributed by atoms with van der Waals surface area (Å²) >= 11 is 1.62. The van der Waals surface area contributed by atoms with Gasteiger partial charge in [0.2, 0.25) is 0 Å². The molecular weight excluding hydrogens is 365 g/mol. The third kappa shape index (κ3) is 4.48. The summed E-state index contributed by atoms with van der Waals surface area (Å²) in [4.78, 5) is 19.3. The van der Waals surface area contributed by atoms with Crippen LogP contribution in [0.15, 0.2) is 29.6 Å². The highest BCUT2D eigenvalue weighted by molar-refractivity contribution is 7.13. The molecule has 7 heteroatoms. The number of aromatic nitrogens is 1. The van der Waals surface area contributed by atoms with Gasteiger partial charge >= 0.3 is 0 Å². The molecule has 2 aromatic rings. The number of aryl methyl sites for hydroxylation is 1. The monoisotopic (exact) mass is 387 g/mol. The molecule has 0 saturated carbocycles. The van der Waals surface area contributed by atoms with Crippen LogP contribution >= 0.6 is 36.2 Å². The number of likely N-dealkylation sites (N-methyl/N-ethyl adjacent to an activating group) is 1. The van der Waals surface area contributed by atoms with Gasteiger partial charge in [-0.15, -0.1) is 36.2 Å². The molecule has 1 aliphatic rings. The van der Waals surface area contributed by atoms with Crippen LogP contribution in [0, 0.1) is 6.92 Å². The van der Waals surface area contributed by atoms with Gasteiger partial charge in [-0.2, -0.15) is 0 Å². The number of nitrogens with one attached hydrogen (secondary N) is 1. The number of benzene rings is 1. The van der Waals surface area contributed by atoms with Crippen LogP contribution in [-0.4, -0.2) is 42.0 Å². The van der Waals surface area contributed by atoms with Crippen molar-refractivity contribution in [1.82, 2.24) is 15.2 Å². The minimum atomic E-state index is 0. The predicted molar refractivity (Wildman–Crippen MR) is 105 cm³/mol. The minimum absolute atomic E-state index is 0. The molecule has 0 aliphatic carbocycles. The molecular formula is C17H23Cl2N3OS. The average Bonchev–Trinajstić information content (AvgIpc) is 3.16. The van der Waals surface area contributed by atoms with Crippen molar-refractivity contribution in [2.24, 2.45) is 0 Å². The van der Waals surface area contributed by atoms with Crippen LogP contribution in [0.25, 0.3) is 10.6 Å². The third-order valence-electron chi connectivity index (χ3n) is 4.05. The number of hydrogen-bond acceptors (Lipinski definition) is 4. The summed E-state index contributed by atoms with van der Waals surface area (Å²) in [5.41, 5.74) is 2.80. The summed E-state index contributed by atoms with van der Waals surface area (Å²) < 4.78 is 0. The van der Waals surface area contributed by atoms with E-state index in [1.54, 1.807) is 11.3 Å². The van der Waals surface area contributed by atoms with E-state index in [-0.39, 0.29) is 30.7 Å². The maximum atomic E-state index is 12.8. The van der Waals surface area contributed by atoms with Crippen molar-refractivity contribution in [1.29, 1.82) is 0 Å². The highest BCUT2D eigenvalue weighted by Gasteiger charge is 2.28. The second-order valence-electron chi connectivity index (χ2n) is 5.73. The first kappa shape index (κ1) is 20.9. The number of hydrogen-bond donors (Lipinski definition) is 1. The normalized spacial score (nSPS) is 16.4. The van der Waals surface area contributed by atoms with Gasteiger partial charge in [-0.3, -0.25) is 4.79 Å². The van der Waals surface area contributed by atoms with E-state index in [2.05, 4.69) is 10.3 Å². The zero-order chi connectivity index (χ0) is 15.5. The van der Waals surface area contributed by atoms with Crippen molar-refractivity contribution in [3.8, 4) is 10.6 Å². The molecule has 1 aliphatic heterocycles. The minimum Gasteiger partial charge on any atom is -0.334 e. The lowest BCUT2D eigenvalue weighted by Crippen LogP contribution is -2.40. The SMILES string of the molecule is CNCC1CCCN1C(=O)c1cccc(-c2nc(C)cs2)c1.Cl.Cl. The van der Waals surface area contributed by atoms with Crippen LogP contribution in [0.2, 0.25) is 0 Å². The Labute approximate surface area is 159 Å².